The first-order chi connectivity index (χ1) is 8.60. The Morgan fingerprint density at radius 3 is 2.83 bits per heavy atom. The number of nitrogens with one attached hydrogen (secondary N) is 1. The molecular formula is C14H25N3S. The molecule has 3 nitrogen and oxygen atoms in total. The number of hydrogen-bond acceptors (Lipinski definition) is 3. The van der Waals surface area contributed by atoms with Crippen LogP contribution in [-0.2, 0) is 7.05 Å². The monoisotopic (exact) mass is 267 g/mol. The zero-order valence-electron chi connectivity index (χ0n) is 11.9. The largest absolute Gasteiger partial charge is 0.313 e. The molecule has 0 aromatic carbocycles. The van der Waals surface area contributed by atoms with Crippen LogP contribution in [0.2, 0.25) is 0 Å². The van der Waals surface area contributed by atoms with Crippen LogP contribution in [0.25, 0.3) is 0 Å². The molecule has 1 heterocycles. The van der Waals surface area contributed by atoms with Crippen LogP contribution in [0.5, 0.6) is 0 Å². The van der Waals surface area contributed by atoms with E-state index in [-0.39, 0.29) is 0 Å². The summed E-state index contributed by atoms with van der Waals surface area (Å²) in [6.07, 6.45) is 6.76. The van der Waals surface area contributed by atoms with E-state index < -0.39 is 0 Å². The van der Waals surface area contributed by atoms with Gasteiger partial charge in [-0.1, -0.05) is 20.8 Å². The summed E-state index contributed by atoms with van der Waals surface area (Å²) in [7, 11) is 1.98. The first-order valence-corrected chi connectivity index (χ1v) is 7.86. The van der Waals surface area contributed by atoms with Gasteiger partial charge in [0.25, 0.3) is 0 Å². The maximum absolute atomic E-state index is 4.27. The summed E-state index contributed by atoms with van der Waals surface area (Å²) in [6.45, 7) is 8.05. The van der Waals surface area contributed by atoms with Gasteiger partial charge in [0.2, 0.25) is 0 Å². The number of thioether (sulfide) groups is 1. The highest BCUT2D eigenvalue weighted by atomic mass is 32.2. The van der Waals surface area contributed by atoms with Gasteiger partial charge in [0.1, 0.15) is 0 Å². The van der Waals surface area contributed by atoms with Gasteiger partial charge in [-0.2, -0.15) is 5.10 Å². The van der Waals surface area contributed by atoms with E-state index in [9.17, 15) is 0 Å². The number of aromatic nitrogens is 2. The summed E-state index contributed by atoms with van der Waals surface area (Å²) in [6, 6.07) is 0.638. The van der Waals surface area contributed by atoms with Crippen LogP contribution in [0.4, 0.5) is 0 Å². The lowest BCUT2D eigenvalue weighted by atomic mass is 9.80. The predicted octanol–water partition coefficient (Wildman–Crippen LogP) is 2.92. The Hall–Kier alpha value is -0.480. The van der Waals surface area contributed by atoms with Crippen molar-refractivity contribution in [2.45, 2.75) is 49.8 Å². The Bertz CT molecular complexity index is 377. The fourth-order valence-corrected chi connectivity index (χ4v) is 4.46. The predicted molar refractivity (Wildman–Crippen MR) is 77.9 cm³/mol. The summed E-state index contributed by atoms with van der Waals surface area (Å²) >= 11 is 2.00. The summed E-state index contributed by atoms with van der Waals surface area (Å²) in [5.74, 6) is 1.61. The molecule has 0 spiro atoms. The van der Waals surface area contributed by atoms with Gasteiger partial charge in [-0.15, -0.1) is 11.8 Å². The van der Waals surface area contributed by atoms with E-state index in [1.165, 1.54) is 17.7 Å². The SMILES string of the molecule is CCNC1CC(C)CC(C)C1Sc1cnn(C)c1. The molecule has 1 saturated carbocycles. The molecule has 1 aliphatic carbocycles. The molecule has 1 aliphatic rings. The minimum atomic E-state index is 0.638. The summed E-state index contributed by atoms with van der Waals surface area (Å²) in [5, 5.41) is 8.61. The molecule has 18 heavy (non-hydrogen) atoms. The van der Waals surface area contributed by atoms with Gasteiger partial charge in [-0.3, -0.25) is 4.68 Å². The van der Waals surface area contributed by atoms with Crippen LogP contribution in [0.1, 0.15) is 33.6 Å². The van der Waals surface area contributed by atoms with Crippen LogP contribution in [0, 0.1) is 11.8 Å². The van der Waals surface area contributed by atoms with E-state index in [0.717, 1.165) is 18.4 Å². The Labute approximate surface area is 115 Å². The van der Waals surface area contributed by atoms with Gasteiger partial charge < -0.3 is 5.32 Å². The fraction of sp³-hybridized carbons (Fsp3) is 0.786. The zero-order chi connectivity index (χ0) is 13.1. The highest BCUT2D eigenvalue weighted by Gasteiger charge is 2.34. The smallest absolute Gasteiger partial charge is 0.0625 e. The van der Waals surface area contributed by atoms with Crippen molar-refractivity contribution >= 4 is 11.8 Å². The maximum atomic E-state index is 4.27. The highest BCUT2D eigenvalue weighted by Crippen LogP contribution is 2.39. The molecule has 2 rings (SSSR count). The van der Waals surface area contributed by atoms with Crippen molar-refractivity contribution in [1.29, 1.82) is 0 Å². The molecule has 0 saturated heterocycles. The van der Waals surface area contributed by atoms with Gasteiger partial charge in [0, 0.05) is 29.4 Å². The van der Waals surface area contributed by atoms with E-state index in [2.05, 4.69) is 37.4 Å². The molecule has 4 unspecified atom stereocenters. The number of hydrogen-bond donors (Lipinski definition) is 1. The molecule has 1 N–H and O–H groups in total. The number of aryl methyl sites for hydroxylation is 1. The minimum Gasteiger partial charge on any atom is -0.313 e. The van der Waals surface area contributed by atoms with Crippen LogP contribution < -0.4 is 5.32 Å². The normalized spacial score (nSPS) is 32.7. The van der Waals surface area contributed by atoms with E-state index in [4.69, 9.17) is 0 Å². The lowest BCUT2D eigenvalue weighted by Gasteiger charge is -2.39. The van der Waals surface area contributed by atoms with Crippen LogP contribution in [0.3, 0.4) is 0 Å². The number of rotatable bonds is 4. The van der Waals surface area contributed by atoms with Crippen molar-refractivity contribution in [3.63, 3.8) is 0 Å². The van der Waals surface area contributed by atoms with Crippen molar-refractivity contribution in [3.8, 4) is 0 Å². The van der Waals surface area contributed by atoms with Crippen molar-refractivity contribution in [2.75, 3.05) is 6.54 Å². The first kappa shape index (κ1) is 13.9. The van der Waals surface area contributed by atoms with Gasteiger partial charge in [-0.05, 0) is 31.2 Å². The molecule has 102 valence electrons. The van der Waals surface area contributed by atoms with E-state index in [1.807, 2.05) is 29.7 Å². The van der Waals surface area contributed by atoms with Crippen molar-refractivity contribution < 1.29 is 0 Å². The average Bonchev–Trinajstić information content (AvgIpc) is 2.69. The fourth-order valence-electron chi connectivity index (χ4n) is 3.11. The molecule has 0 radical (unpaired) electrons. The second kappa shape index (κ2) is 6.11. The molecule has 0 bridgehead atoms. The molecule has 0 amide bonds. The van der Waals surface area contributed by atoms with Crippen LogP contribution in [0.15, 0.2) is 17.3 Å². The lowest BCUT2D eigenvalue weighted by molar-refractivity contribution is 0.251. The first-order valence-electron chi connectivity index (χ1n) is 6.98. The van der Waals surface area contributed by atoms with E-state index >= 15 is 0 Å². The third-order valence-electron chi connectivity index (χ3n) is 3.81. The quantitative estimate of drug-likeness (QED) is 0.909. The molecular weight excluding hydrogens is 242 g/mol. The molecule has 1 fully saturated rings. The van der Waals surface area contributed by atoms with E-state index in [1.54, 1.807) is 0 Å². The summed E-state index contributed by atoms with van der Waals surface area (Å²) in [4.78, 5) is 1.30. The van der Waals surface area contributed by atoms with Gasteiger partial charge in [0.05, 0.1) is 6.20 Å². The van der Waals surface area contributed by atoms with Crippen LogP contribution in [-0.4, -0.2) is 27.6 Å². The second-order valence-electron chi connectivity index (χ2n) is 5.65. The van der Waals surface area contributed by atoms with E-state index in [0.29, 0.717) is 11.3 Å². The third-order valence-corrected chi connectivity index (χ3v) is 5.36. The van der Waals surface area contributed by atoms with Gasteiger partial charge >= 0.3 is 0 Å². The Morgan fingerprint density at radius 1 is 1.44 bits per heavy atom. The Balaban J connectivity index is 2.06. The van der Waals surface area contributed by atoms with Gasteiger partial charge in [0.15, 0.2) is 0 Å². The molecule has 1 aromatic rings. The van der Waals surface area contributed by atoms with Crippen molar-refractivity contribution in [1.82, 2.24) is 15.1 Å². The Morgan fingerprint density at radius 2 is 2.22 bits per heavy atom. The standard InChI is InChI=1S/C14H25N3S/c1-5-15-13-7-10(2)6-11(3)14(13)18-12-8-16-17(4)9-12/h8-11,13-15H,5-7H2,1-4H3. The molecule has 1 aromatic heterocycles. The zero-order valence-corrected chi connectivity index (χ0v) is 12.7. The third kappa shape index (κ3) is 3.29. The Kier molecular flexibility index (Phi) is 4.73. The minimum absolute atomic E-state index is 0.638. The van der Waals surface area contributed by atoms with Crippen molar-refractivity contribution in [3.05, 3.63) is 12.4 Å². The summed E-state index contributed by atoms with van der Waals surface area (Å²) < 4.78 is 1.89. The van der Waals surface area contributed by atoms with Crippen molar-refractivity contribution in [2.24, 2.45) is 18.9 Å². The summed E-state index contributed by atoms with van der Waals surface area (Å²) in [5.41, 5.74) is 0. The second-order valence-corrected chi connectivity index (χ2v) is 6.90. The highest BCUT2D eigenvalue weighted by molar-refractivity contribution is 8.00. The molecule has 4 heteroatoms. The average molecular weight is 267 g/mol. The van der Waals surface area contributed by atoms with Crippen LogP contribution >= 0.6 is 11.8 Å². The topological polar surface area (TPSA) is 29.9 Å². The van der Waals surface area contributed by atoms with Gasteiger partial charge in [-0.25, -0.2) is 0 Å². The maximum Gasteiger partial charge on any atom is 0.0625 e. The number of nitrogens with zero attached hydrogens (tertiary/aromatic N) is 2. The molecule has 4 atom stereocenters. The lowest BCUT2D eigenvalue weighted by Crippen LogP contribution is -2.46. The molecule has 0 aliphatic heterocycles.